The Morgan fingerprint density at radius 3 is 2.40 bits per heavy atom. The molecule has 25 heavy (non-hydrogen) atoms. The van der Waals surface area contributed by atoms with E-state index in [1.807, 2.05) is 18.2 Å². The van der Waals surface area contributed by atoms with Crippen molar-refractivity contribution in [1.82, 2.24) is 5.32 Å². The number of rotatable bonds is 10. The highest BCUT2D eigenvalue weighted by atomic mass is 16.7. The first-order valence-corrected chi connectivity index (χ1v) is 8.22. The lowest BCUT2D eigenvalue weighted by Gasteiger charge is -2.14. The second kappa shape index (κ2) is 11.1. The standard InChI is InChI=1S/C18H25NO6/c1-13(8-9-15-6-4-3-5-7-15)10-11-24-18(23)25-12-16(17(21)22)19-14(2)20/h3-7,13,16H,8-12H2,1-2H3,(H,19,20)(H,21,22). The number of aryl methyl sites for hydroxylation is 1. The van der Waals surface area contributed by atoms with Crippen LogP contribution in [-0.2, 0) is 25.5 Å². The van der Waals surface area contributed by atoms with Gasteiger partial charge in [0.15, 0.2) is 6.04 Å². The van der Waals surface area contributed by atoms with Gasteiger partial charge >= 0.3 is 12.1 Å². The van der Waals surface area contributed by atoms with Crippen molar-refractivity contribution in [3.8, 4) is 0 Å². The average molecular weight is 351 g/mol. The lowest BCUT2D eigenvalue weighted by Crippen LogP contribution is -2.43. The van der Waals surface area contributed by atoms with E-state index in [1.165, 1.54) is 12.5 Å². The van der Waals surface area contributed by atoms with Crippen LogP contribution in [0.5, 0.6) is 0 Å². The van der Waals surface area contributed by atoms with E-state index in [0.29, 0.717) is 12.3 Å². The van der Waals surface area contributed by atoms with Crippen molar-refractivity contribution < 1.29 is 29.0 Å². The van der Waals surface area contributed by atoms with Crippen LogP contribution in [0.4, 0.5) is 4.79 Å². The van der Waals surface area contributed by atoms with Crippen molar-refractivity contribution in [1.29, 1.82) is 0 Å². The Morgan fingerprint density at radius 1 is 1.12 bits per heavy atom. The first kappa shape index (κ1) is 20.5. The van der Waals surface area contributed by atoms with Crippen LogP contribution >= 0.6 is 0 Å². The van der Waals surface area contributed by atoms with Gasteiger partial charge in [0.05, 0.1) is 6.61 Å². The van der Waals surface area contributed by atoms with Gasteiger partial charge in [0.25, 0.3) is 0 Å². The number of hydrogen-bond donors (Lipinski definition) is 2. The predicted octanol–water partition coefficient (Wildman–Crippen LogP) is 2.39. The molecule has 0 aliphatic rings. The molecule has 1 aromatic carbocycles. The highest BCUT2D eigenvalue weighted by molar-refractivity contribution is 5.82. The molecule has 7 heteroatoms. The fourth-order valence-corrected chi connectivity index (χ4v) is 2.16. The van der Waals surface area contributed by atoms with E-state index >= 15 is 0 Å². The van der Waals surface area contributed by atoms with Gasteiger partial charge in [-0.05, 0) is 30.7 Å². The quantitative estimate of drug-likeness (QED) is 0.628. The van der Waals surface area contributed by atoms with Crippen LogP contribution in [0.15, 0.2) is 30.3 Å². The summed E-state index contributed by atoms with van der Waals surface area (Å²) in [6.07, 6.45) is 1.69. The summed E-state index contributed by atoms with van der Waals surface area (Å²) in [5.41, 5.74) is 1.27. The summed E-state index contributed by atoms with van der Waals surface area (Å²) < 4.78 is 9.65. The number of nitrogens with one attached hydrogen (secondary N) is 1. The molecule has 0 fully saturated rings. The molecule has 1 rings (SSSR count). The summed E-state index contributed by atoms with van der Waals surface area (Å²) in [4.78, 5) is 33.2. The molecule has 0 aromatic heterocycles. The number of hydrogen-bond acceptors (Lipinski definition) is 5. The molecule has 0 aliphatic heterocycles. The number of carbonyl (C=O) groups excluding carboxylic acids is 2. The van der Waals surface area contributed by atoms with E-state index in [0.717, 1.165) is 12.8 Å². The minimum absolute atomic E-state index is 0.201. The highest BCUT2D eigenvalue weighted by Crippen LogP contribution is 2.12. The molecule has 1 amide bonds. The normalized spacial score (nSPS) is 12.7. The Labute approximate surface area is 147 Å². The Kier molecular flexibility index (Phi) is 9.06. The maximum Gasteiger partial charge on any atom is 0.508 e. The predicted molar refractivity (Wildman–Crippen MR) is 91.1 cm³/mol. The molecule has 2 unspecified atom stereocenters. The van der Waals surface area contributed by atoms with Gasteiger partial charge in [-0.25, -0.2) is 9.59 Å². The van der Waals surface area contributed by atoms with Gasteiger partial charge in [0.1, 0.15) is 6.61 Å². The summed E-state index contributed by atoms with van der Waals surface area (Å²) >= 11 is 0. The van der Waals surface area contributed by atoms with Crippen LogP contribution < -0.4 is 5.32 Å². The van der Waals surface area contributed by atoms with Gasteiger partial charge in [0.2, 0.25) is 5.91 Å². The van der Waals surface area contributed by atoms with Crippen molar-refractivity contribution in [3.05, 3.63) is 35.9 Å². The van der Waals surface area contributed by atoms with Crippen molar-refractivity contribution >= 4 is 18.0 Å². The van der Waals surface area contributed by atoms with Crippen LogP contribution in [0.1, 0.15) is 32.3 Å². The van der Waals surface area contributed by atoms with Crippen molar-refractivity contribution in [2.45, 2.75) is 39.2 Å². The third kappa shape index (κ3) is 9.34. The topological polar surface area (TPSA) is 102 Å². The van der Waals surface area contributed by atoms with Crippen molar-refractivity contribution in [2.24, 2.45) is 5.92 Å². The van der Waals surface area contributed by atoms with Gasteiger partial charge in [-0.1, -0.05) is 37.3 Å². The maximum atomic E-state index is 11.5. The summed E-state index contributed by atoms with van der Waals surface area (Å²) in [7, 11) is 0. The molecule has 2 atom stereocenters. The SMILES string of the molecule is CC(=O)NC(COC(=O)OCCC(C)CCc1ccccc1)C(=O)O. The van der Waals surface area contributed by atoms with Gasteiger partial charge in [-0.2, -0.15) is 0 Å². The Balaban J connectivity index is 2.18. The molecule has 1 aromatic rings. The van der Waals surface area contributed by atoms with Gasteiger partial charge in [-0.3, -0.25) is 4.79 Å². The third-order valence-corrected chi connectivity index (χ3v) is 3.64. The fraction of sp³-hybridized carbons (Fsp3) is 0.500. The molecule has 0 heterocycles. The van der Waals surface area contributed by atoms with E-state index in [-0.39, 0.29) is 6.61 Å². The van der Waals surface area contributed by atoms with E-state index in [9.17, 15) is 14.4 Å². The largest absolute Gasteiger partial charge is 0.508 e. The number of benzene rings is 1. The smallest absolute Gasteiger partial charge is 0.480 e. The minimum Gasteiger partial charge on any atom is -0.480 e. The minimum atomic E-state index is -1.28. The first-order chi connectivity index (χ1) is 11.9. The second-order valence-corrected chi connectivity index (χ2v) is 5.92. The van der Waals surface area contributed by atoms with Crippen molar-refractivity contribution in [3.63, 3.8) is 0 Å². The monoisotopic (exact) mass is 351 g/mol. The molecule has 2 N–H and O–H groups in total. The molecule has 0 saturated heterocycles. The van der Waals surface area contributed by atoms with Crippen LogP contribution in [0.25, 0.3) is 0 Å². The highest BCUT2D eigenvalue weighted by Gasteiger charge is 2.21. The van der Waals surface area contributed by atoms with Gasteiger partial charge < -0.3 is 19.9 Å². The average Bonchev–Trinajstić information content (AvgIpc) is 2.57. The summed E-state index contributed by atoms with van der Waals surface area (Å²) in [6, 6.07) is 8.86. The Hall–Kier alpha value is -2.57. The van der Waals surface area contributed by atoms with Crippen LogP contribution in [0, 0.1) is 5.92 Å². The van der Waals surface area contributed by atoms with Crippen molar-refractivity contribution in [2.75, 3.05) is 13.2 Å². The van der Waals surface area contributed by atoms with Crippen LogP contribution in [0.2, 0.25) is 0 Å². The maximum absolute atomic E-state index is 11.5. The van der Waals surface area contributed by atoms with Crippen LogP contribution in [-0.4, -0.2) is 42.4 Å². The van der Waals surface area contributed by atoms with Gasteiger partial charge in [0, 0.05) is 6.92 Å². The zero-order chi connectivity index (χ0) is 18.7. The van der Waals surface area contributed by atoms with Crippen LogP contribution in [0.3, 0.4) is 0 Å². The number of aliphatic carboxylic acids is 1. The Morgan fingerprint density at radius 2 is 1.80 bits per heavy atom. The van der Waals surface area contributed by atoms with E-state index in [2.05, 4.69) is 24.4 Å². The molecule has 0 saturated carbocycles. The third-order valence-electron chi connectivity index (χ3n) is 3.64. The molecular formula is C18H25NO6. The molecule has 0 radical (unpaired) electrons. The van der Waals surface area contributed by atoms with Gasteiger partial charge in [-0.15, -0.1) is 0 Å². The first-order valence-electron chi connectivity index (χ1n) is 8.22. The van der Waals surface area contributed by atoms with E-state index in [1.54, 1.807) is 0 Å². The Bertz CT molecular complexity index is 560. The molecule has 0 spiro atoms. The summed E-state index contributed by atoms with van der Waals surface area (Å²) in [5.74, 6) is -1.42. The lowest BCUT2D eigenvalue weighted by molar-refractivity contribution is -0.142. The molecule has 0 bridgehead atoms. The molecular weight excluding hydrogens is 326 g/mol. The second-order valence-electron chi connectivity index (χ2n) is 5.92. The zero-order valence-electron chi connectivity index (χ0n) is 14.6. The number of carboxylic acid groups (broad SMARTS) is 1. The van der Waals surface area contributed by atoms with E-state index in [4.69, 9.17) is 14.6 Å². The number of carboxylic acids is 1. The molecule has 0 aliphatic carbocycles. The fourth-order valence-electron chi connectivity index (χ4n) is 2.16. The lowest BCUT2D eigenvalue weighted by atomic mass is 9.99. The summed E-state index contributed by atoms with van der Waals surface area (Å²) in [5, 5.41) is 11.1. The summed E-state index contributed by atoms with van der Waals surface area (Å²) in [6.45, 7) is 2.99. The zero-order valence-corrected chi connectivity index (χ0v) is 14.6. The number of carbonyl (C=O) groups is 3. The molecule has 7 nitrogen and oxygen atoms in total. The molecule has 138 valence electrons. The number of ether oxygens (including phenoxy) is 2. The number of amides is 1. The van der Waals surface area contributed by atoms with E-state index < -0.39 is 30.7 Å².